The summed E-state index contributed by atoms with van der Waals surface area (Å²) < 4.78 is 113. The average Bonchev–Trinajstić information content (AvgIpc) is 3.10. The molecule has 182 valence electrons. The lowest BCUT2D eigenvalue weighted by molar-refractivity contribution is -0.145. The molecule has 0 saturated heterocycles. The maximum atomic E-state index is 13.1. The van der Waals surface area contributed by atoms with Crippen LogP contribution in [-0.4, -0.2) is 30.8 Å². The van der Waals surface area contributed by atoms with E-state index in [1.807, 2.05) is 0 Å². The van der Waals surface area contributed by atoms with E-state index in [1.165, 1.54) is 10.9 Å². The Labute approximate surface area is 184 Å². The number of fused-ring (bicyclic) bond motifs is 1. The van der Waals surface area contributed by atoms with Crippen LogP contribution in [0, 0.1) is 0 Å². The van der Waals surface area contributed by atoms with Crippen molar-refractivity contribution in [1.82, 2.24) is 14.5 Å². The van der Waals surface area contributed by atoms with Crippen molar-refractivity contribution in [3.05, 3.63) is 46.8 Å². The summed E-state index contributed by atoms with van der Waals surface area (Å²) >= 11 is 0. The smallest absolute Gasteiger partial charge is 0.416 e. The molecule has 33 heavy (non-hydrogen) atoms. The number of hydrogen-bond donors (Lipinski definition) is 1. The lowest BCUT2D eigenvalue weighted by Crippen LogP contribution is -2.31. The predicted molar refractivity (Wildman–Crippen MR) is 101 cm³/mol. The van der Waals surface area contributed by atoms with Crippen LogP contribution in [0.5, 0.6) is 0 Å². The minimum atomic E-state index is -5.18. The molecular weight excluding hydrogens is 480 g/mol. The average molecular weight is 499 g/mol. The largest absolute Gasteiger partial charge is 0.465 e. The van der Waals surface area contributed by atoms with Gasteiger partial charge in [-0.2, -0.15) is 31.4 Å². The molecule has 1 aromatic heterocycles. The van der Waals surface area contributed by atoms with Crippen molar-refractivity contribution in [2.75, 3.05) is 6.61 Å². The maximum absolute atomic E-state index is 13.1. The second-order valence-electron chi connectivity index (χ2n) is 7.32. The predicted octanol–water partition coefficient (Wildman–Crippen LogP) is 3.84. The number of esters is 1. The highest BCUT2D eigenvalue weighted by atomic mass is 32.2. The van der Waals surface area contributed by atoms with Crippen LogP contribution in [0.4, 0.5) is 26.3 Å². The third kappa shape index (κ3) is 5.66. The van der Waals surface area contributed by atoms with Gasteiger partial charge in [0.15, 0.2) is 0 Å². The number of nitrogens with zero attached hydrogens (tertiary/aromatic N) is 2. The number of benzene rings is 1. The molecule has 1 aliphatic rings. The molecule has 0 aliphatic heterocycles. The fraction of sp³-hybridized carbons (Fsp3) is 0.474. The SMILES string of the molecule is CCOC(=O)Cn1ncc2c1CCCC2NS(=O)(=O)c1cc(C(F)(F)F)cc(C(F)(F)F)c1. The summed E-state index contributed by atoms with van der Waals surface area (Å²) in [6, 6.07) is -0.771. The summed E-state index contributed by atoms with van der Waals surface area (Å²) in [7, 11) is -4.77. The zero-order valence-electron chi connectivity index (χ0n) is 17.1. The van der Waals surface area contributed by atoms with Crippen molar-refractivity contribution >= 4 is 16.0 Å². The van der Waals surface area contributed by atoms with Gasteiger partial charge in [-0.3, -0.25) is 9.48 Å². The normalized spacial score (nSPS) is 17.0. The Balaban J connectivity index is 1.94. The Hall–Kier alpha value is -2.61. The monoisotopic (exact) mass is 499 g/mol. The van der Waals surface area contributed by atoms with Crippen molar-refractivity contribution in [2.45, 2.75) is 56.0 Å². The van der Waals surface area contributed by atoms with Crippen molar-refractivity contribution in [3.8, 4) is 0 Å². The Morgan fingerprint density at radius 1 is 1.15 bits per heavy atom. The van der Waals surface area contributed by atoms with Gasteiger partial charge < -0.3 is 4.74 Å². The van der Waals surface area contributed by atoms with Gasteiger partial charge in [-0.15, -0.1) is 0 Å². The van der Waals surface area contributed by atoms with E-state index in [0.717, 1.165) is 0 Å². The van der Waals surface area contributed by atoms with Crippen LogP contribution < -0.4 is 4.72 Å². The van der Waals surface area contributed by atoms with Crippen LogP contribution >= 0.6 is 0 Å². The van der Waals surface area contributed by atoms with Crippen molar-refractivity contribution in [1.29, 1.82) is 0 Å². The van der Waals surface area contributed by atoms with Gasteiger partial charge in [0.25, 0.3) is 0 Å². The zero-order chi connectivity index (χ0) is 24.6. The van der Waals surface area contributed by atoms with Crippen molar-refractivity contribution in [3.63, 3.8) is 0 Å². The Morgan fingerprint density at radius 3 is 2.30 bits per heavy atom. The van der Waals surface area contributed by atoms with E-state index >= 15 is 0 Å². The summed E-state index contributed by atoms with van der Waals surface area (Å²) in [5, 5.41) is 4.05. The molecule has 0 saturated carbocycles. The molecule has 0 spiro atoms. The maximum Gasteiger partial charge on any atom is 0.416 e. The first-order chi connectivity index (χ1) is 15.2. The number of rotatable bonds is 6. The summed E-state index contributed by atoms with van der Waals surface area (Å²) in [6.07, 6.45) is -7.91. The molecule has 0 radical (unpaired) electrons. The first-order valence-corrected chi connectivity index (χ1v) is 11.2. The van der Waals surface area contributed by atoms with Crippen LogP contribution in [0.25, 0.3) is 0 Å². The Bertz CT molecular complexity index is 1110. The summed E-state index contributed by atoms with van der Waals surface area (Å²) in [5.41, 5.74) is -2.55. The highest BCUT2D eigenvalue weighted by molar-refractivity contribution is 7.89. The van der Waals surface area contributed by atoms with Gasteiger partial charge in [-0.05, 0) is 44.4 Å². The van der Waals surface area contributed by atoms with Gasteiger partial charge in [-0.1, -0.05) is 0 Å². The number of ether oxygens (including phenoxy) is 1. The molecule has 3 rings (SSSR count). The van der Waals surface area contributed by atoms with Gasteiger partial charge >= 0.3 is 18.3 Å². The van der Waals surface area contributed by atoms with E-state index in [9.17, 15) is 39.6 Å². The second kappa shape index (κ2) is 8.97. The highest BCUT2D eigenvalue weighted by Gasteiger charge is 2.39. The van der Waals surface area contributed by atoms with Crippen molar-refractivity contribution < 1.29 is 44.3 Å². The number of hydrogen-bond acceptors (Lipinski definition) is 5. The first-order valence-electron chi connectivity index (χ1n) is 9.74. The third-order valence-electron chi connectivity index (χ3n) is 5.02. The van der Waals surface area contributed by atoms with E-state index in [2.05, 4.69) is 9.82 Å². The Kier molecular flexibility index (Phi) is 6.80. The van der Waals surface area contributed by atoms with Gasteiger partial charge in [0.05, 0.1) is 34.9 Å². The number of halogens is 6. The quantitative estimate of drug-likeness (QED) is 0.482. The minimum absolute atomic E-state index is 0.142. The number of aromatic nitrogens is 2. The van der Waals surface area contributed by atoms with Gasteiger partial charge in [0, 0.05) is 11.3 Å². The molecule has 0 fully saturated rings. The van der Waals surface area contributed by atoms with E-state index in [-0.39, 0.29) is 37.8 Å². The molecule has 7 nitrogen and oxygen atoms in total. The molecule has 1 aliphatic carbocycles. The van der Waals surface area contributed by atoms with E-state index in [4.69, 9.17) is 4.74 Å². The number of carbonyl (C=O) groups is 1. The number of carbonyl (C=O) groups excluding carboxylic acids is 1. The zero-order valence-corrected chi connectivity index (χ0v) is 17.9. The number of nitrogens with one attached hydrogen (secondary N) is 1. The van der Waals surface area contributed by atoms with E-state index in [1.54, 1.807) is 6.92 Å². The molecule has 1 atom stereocenters. The van der Waals surface area contributed by atoms with Crippen LogP contribution in [-0.2, 0) is 44.9 Å². The van der Waals surface area contributed by atoms with Crippen LogP contribution in [0.1, 0.15) is 48.2 Å². The number of alkyl halides is 6. The molecule has 1 unspecified atom stereocenters. The van der Waals surface area contributed by atoms with Crippen LogP contribution in [0.3, 0.4) is 0 Å². The molecule has 1 aromatic carbocycles. The van der Waals surface area contributed by atoms with E-state index in [0.29, 0.717) is 24.1 Å². The molecule has 1 heterocycles. The molecule has 0 bridgehead atoms. The molecule has 1 N–H and O–H groups in total. The summed E-state index contributed by atoms with van der Waals surface area (Å²) in [5.74, 6) is -0.560. The van der Waals surface area contributed by atoms with Crippen LogP contribution in [0.2, 0.25) is 0 Å². The summed E-state index contributed by atoms with van der Waals surface area (Å²) in [4.78, 5) is 10.6. The van der Waals surface area contributed by atoms with E-state index < -0.39 is 50.4 Å². The van der Waals surface area contributed by atoms with Crippen LogP contribution in [0.15, 0.2) is 29.3 Å². The fourth-order valence-electron chi connectivity index (χ4n) is 3.54. The highest BCUT2D eigenvalue weighted by Crippen LogP contribution is 2.38. The minimum Gasteiger partial charge on any atom is -0.465 e. The fourth-order valence-corrected chi connectivity index (χ4v) is 4.86. The summed E-state index contributed by atoms with van der Waals surface area (Å²) in [6.45, 7) is 1.56. The molecule has 14 heteroatoms. The van der Waals surface area contributed by atoms with Gasteiger partial charge in [0.2, 0.25) is 10.0 Å². The second-order valence-corrected chi connectivity index (χ2v) is 9.03. The first kappa shape index (κ1) is 25.0. The molecular formula is C19H19F6N3O4S. The van der Waals surface area contributed by atoms with Crippen molar-refractivity contribution in [2.24, 2.45) is 0 Å². The lowest BCUT2D eigenvalue weighted by atomic mass is 9.94. The van der Waals surface area contributed by atoms with Gasteiger partial charge in [0.1, 0.15) is 6.54 Å². The Morgan fingerprint density at radius 2 is 1.76 bits per heavy atom. The molecule has 0 amide bonds. The molecule has 2 aromatic rings. The topological polar surface area (TPSA) is 90.3 Å². The third-order valence-corrected chi connectivity index (χ3v) is 6.47. The van der Waals surface area contributed by atoms with Gasteiger partial charge in [-0.25, -0.2) is 13.1 Å². The standard InChI is InChI=1S/C19H19F6N3O4S/c1-2-32-17(29)10-28-16-5-3-4-15(14(16)9-26-28)27-33(30,31)13-7-11(18(20,21)22)6-12(8-13)19(23,24)25/h6-9,15,27H,2-5,10H2,1H3. The lowest BCUT2D eigenvalue weighted by Gasteiger charge is -2.24. The number of sulfonamides is 1.